The Labute approximate surface area is 140 Å². The van der Waals surface area contributed by atoms with Crippen LogP contribution >= 0.6 is 0 Å². The van der Waals surface area contributed by atoms with E-state index in [0.29, 0.717) is 0 Å². The van der Waals surface area contributed by atoms with Crippen LogP contribution in [0.2, 0.25) is 0 Å². The molecule has 1 aromatic heterocycles. The van der Waals surface area contributed by atoms with Crippen LogP contribution in [0, 0.1) is 0 Å². The van der Waals surface area contributed by atoms with Gasteiger partial charge in [-0.1, -0.05) is 18.2 Å². The number of fused-ring (bicyclic) bond motifs is 1. The number of hydrogen-bond donors (Lipinski definition) is 2. The number of carbonyl (C=O) groups excluding carboxylic acids is 1. The van der Waals surface area contributed by atoms with Gasteiger partial charge in [-0.25, -0.2) is 9.59 Å². The Hall–Kier alpha value is -2.63. The van der Waals surface area contributed by atoms with E-state index in [4.69, 9.17) is 4.74 Å². The first-order valence-electron chi connectivity index (χ1n) is 7.68. The summed E-state index contributed by atoms with van der Waals surface area (Å²) in [6.45, 7) is 6.64. The molecule has 0 saturated heterocycles. The fourth-order valence-electron chi connectivity index (χ4n) is 2.39. The van der Waals surface area contributed by atoms with E-state index in [2.05, 4.69) is 10.3 Å². The number of para-hydroxylation sites is 1. The van der Waals surface area contributed by atoms with E-state index in [1.165, 1.54) is 6.92 Å². The van der Waals surface area contributed by atoms with E-state index < -0.39 is 23.2 Å². The van der Waals surface area contributed by atoms with Crippen molar-refractivity contribution < 1.29 is 19.4 Å². The minimum atomic E-state index is -1.49. The third-order valence-electron chi connectivity index (χ3n) is 3.53. The van der Waals surface area contributed by atoms with E-state index in [-0.39, 0.29) is 6.42 Å². The molecule has 1 unspecified atom stereocenters. The third-order valence-corrected chi connectivity index (χ3v) is 3.53. The molecule has 1 atom stereocenters. The van der Waals surface area contributed by atoms with Crippen molar-refractivity contribution in [2.24, 2.45) is 0 Å². The van der Waals surface area contributed by atoms with Crippen molar-refractivity contribution in [3.63, 3.8) is 0 Å². The molecule has 0 radical (unpaired) electrons. The summed E-state index contributed by atoms with van der Waals surface area (Å²) in [5.74, 6) is -1.13. The number of carbonyl (C=O) groups is 2. The summed E-state index contributed by atoms with van der Waals surface area (Å²) in [6.07, 6.45) is 0.989. The highest BCUT2D eigenvalue weighted by atomic mass is 16.6. The molecule has 2 N–H and O–H groups in total. The molecular formula is C18H22N2O4. The lowest BCUT2D eigenvalue weighted by molar-refractivity contribution is -0.144. The summed E-state index contributed by atoms with van der Waals surface area (Å²) in [7, 11) is 0. The topological polar surface area (TPSA) is 88.5 Å². The van der Waals surface area contributed by atoms with E-state index >= 15 is 0 Å². The summed E-state index contributed by atoms with van der Waals surface area (Å²) >= 11 is 0. The minimum Gasteiger partial charge on any atom is -0.480 e. The first-order valence-corrected chi connectivity index (χ1v) is 7.68. The number of aromatic nitrogens is 1. The van der Waals surface area contributed by atoms with Gasteiger partial charge in [0.25, 0.3) is 0 Å². The van der Waals surface area contributed by atoms with Gasteiger partial charge in [-0.3, -0.25) is 4.98 Å². The number of nitrogens with zero attached hydrogens (tertiary/aromatic N) is 1. The van der Waals surface area contributed by atoms with Crippen LogP contribution in [0.25, 0.3) is 10.9 Å². The molecular weight excluding hydrogens is 308 g/mol. The highest BCUT2D eigenvalue weighted by molar-refractivity contribution is 5.87. The van der Waals surface area contributed by atoms with Crippen molar-refractivity contribution in [1.29, 1.82) is 0 Å². The van der Waals surface area contributed by atoms with Gasteiger partial charge in [-0.2, -0.15) is 0 Å². The Kier molecular flexibility index (Phi) is 4.78. The molecule has 0 aliphatic heterocycles. The summed E-state index contributed by atoms with van der Waals surface area (Å²) < 4.78 is 5.18. The van der Waals surface area contributed by atoms with Gasteiger partial charge in [0, 0.05) is 18.0 Å². The Bertz CT molecular complexity index is 762. The van der Waals surface area contributed by atoms with Gasteiger partial charge in [0.1, 0.15) is 11.1 Å². The van der Waals surface area contributed by atoms with Crippen LogP contribution in [0.1, 0.15) is 33.3 Å². The summed E-state index contributed by atoms with van der Waals surface area (Å²) in [6, 6.07) is 9.24. The number of ether oxygens (including phenoxy) is 1. The third kappa shape index (κ3) is 4.22. The number of rotatable bonds is 4. The van der Waals surface area contributed by atoms with Gasteiger partial charge >= 0.3 is 12.1 Å². The minimum absolute atomic E-state index is 0.116. The SMILES string of the molecule is CC(C)(C)OC(=O)NC(C)(Cc1ccnc2ccccc12)C(=O)O. The van der Waals surface area contributed by atoms with Gasteiger partial charge in [0.05, 0.1) is 5.52 Å². The summed E-state index contributed by atoms with van der Waals surface area (Å²) in [5.41, 5.74) is -0.624. The average molecular weight is 330 g/mol. The molecule has 1 aromatic carbocycles. The van der Waals surface area contributed by atoms with Crippen molar-refractivity contribution in [2.45, 2.75) is 45.3 Å². The summed E-state index contributed by atoms with van der Waals surface area (Å²) in [4.78, 5) is 28.1. The quantitative estimate of drug-likeness (QED) is 0.899. The molecule has 1 amide bonds. The number of alkyl carbamates (subject to hydrolysis) is 1. The smallest absolute Gasteiger partial charge is 0.408 e. The summed E-state index contributed by atoms with van der Waals surface area (Å²) in [5, 5.41) is 13.0. The lowest BCUT2D eigenvalue weighted by atomic mass is 9.91. The molecule has 24 heavy (non-hydrogen) atoms. The van der Waals surface area contributed by atoms with Gasteiger partial charge in [0.2, 0.25) is 0 Å². The number of nitrogens with one attached hydrogen (secondary N) is 1. The van der Waals surface area contributed by atoms with Crippen molar-refractivity contribution in [3.05, 3.63) is 42.1 Å². The van der Waals surface area contributed by atoms with Crippen LogP contribution < -0.4 is 5.32 Å². The normalized spacial score (nSPS) is 14.0. The van der Waals surface area contributed by atoms with Crippen LogP contribution in [0.15, 0.2) is 36.5 Å². The number of hydrogen-bond acceptors (Lipinski definition) is 4. The lowest BCUT2D eigenvalue weighted by Gasteiger charge is -2.29. The largest absolute Gasteiger partial charge is 0.480 e. The molecule has 2 aromatic rings. The fourth-order valence-corrected chi connectivity index (χ4v) is 2.39. The Balaban J connectivity index is 2.30. The average Bonchev–Trinajstić information content (AvgIpc) is 2.45. The van der Waals surface area contributed by atoms with Gasteiger partial charge in [-0.05, 0) is 45.4 Å². The van der Waals surface area contributed by atoms with E-state index in [1.54, 1.807) is 33.0 Å². The second-order valence-corrected chi connectivity index (χ2v) is 6.93. The van der Waals surface area contributed by atoms with Crippen molar-refractivity contribution >= 4 is 23.0 Å². The molecule has 128 valence electrons. The number of aliphatic carboxylic acids is 1. The first-order chi connectivity index (χ1) is 11.1. The van der Waals surface area contributed by atoms with Crippen LogP contribution in [0.3, 0.4) is 0 Å². The molecule has 0 spiro atoms. The van der Waals surface area contributed by atoms with Gasteiger partial charge in [-0.15, -0.1) is 0 Å². The zero-order valence-electron chi connectivity index (χ0n) is 14.3. The van der Waals surface area contributed by atoms with Crippen LogP contribution in [0.4, 0.5) is 4.79 Å². The Morgan fingerprint density at radius 1 is 1.17 bits per heavy atom. The number of pyridine rings is 1. The second kappa shape index (κ2) is 6.47. The lowest BCUT2D eigenvalue weighted by Crippen LogP contribution is -2.54. The second-order valence-electron chi connectivity index (χ2n) is 6.93. The van der Waals surface area contributed by atoms with Crippen molar-refractivity contribution in [1.82, 2.24) is 10.3 Å². The molecule has 0 saturated carbocycles. The first kappa shape index (κ1) is 17.7. The van der Waals surface area contributed by atoms with E-state index in [0.717, 1.165) is 16.5 Å². The highest BCUT2D eigenvalue weighted by Gasteiger charge is 2.37. The fraction of sp³-hybridized carbons (Fsp3) is 0.389. The van der Waals surface area contributed by atoms with Crippen LogP contribution in [-0.4, -0.2) is 33.3 Å². The molecule has 0 aliphatic carbocycles. The van der Waals surface area contributed by atoms with Gasteiger partial charge < -0.3 is 15.2 Å². The standard InChI is InChI=1S/C18H22N2O4/c1-17(2,3)24-16(23)20-18(4,15(21)22)11-12-9-10-19-14-8-6-5-7-13(12)14/h5-10H,11H2,1-4H3,(H,20,23)(H,21,22). The molecule has 0 aliphatic rings. The molecule has 6 nitrogen and oxygen atoms in total. The molecule has 2 rings (SSSR count). The van der Waals surface area contributed by atoms with E-state index in [1.807, 2.05) is 24.3 Å². The monoisotopic (exact) mass is 330 g/mol. The number of carboxylic acid groups (broad SMARTS) is 1. The Morgan fingerprint density at radius 2 is 1.83 bits per heavy atom. The van der Waals surface area contributed by atoms with Crippen molar-refractivity contribution in [3.8, 4) is 0 Å². The predicted molar refractivity (Wildman–Crippen MR) is 90.9 cm³/mol. The molecule has 6 heteroatoms. The zero-order chi connectivity index (χ0) is 18.0. The predicted octanol–water partition coefficient (Wildman–Crippen LogP) is 3.15. The maximum Gasteiger partial charge on any atom is 0.408 e. The maximum absolute atomic E-state index is 12.0. The maximum atomic E-state index is 12.0. The number of amides is 1. The van der Waals surface area contributed by atoms with Crippen molar-refractivity contribution in [2.75, 3.05) is 0 Å². The Morgan fingerprint density at radius 3 is 2.46 bits per heavy atom. The molecule has 0 bridgehead atoms. The van der Waals surface area contributed by atoms with Crippen LogP contribution in [-0.2, 0) is 16.0 Å². The number of carboxylic acids is 1. The van der Waals surface area contributed by atoms with Crippen LogP contribution in [0.5, 0.6) is 0 Å². The van der Waals surface area contributed by atoms with Gasteiger partial charge in [0.15, 0.2) is 0 Å². The van der Waals surface area contributed by atoms with E-state index in [9.17, 15) is 14.7 Å². The zero-order valence-corrected chi connectivity index (χ0v) is 14.3. The molecule has 0 fully saturated rings. The number of benzene rings is 1. The molecule has 1 heterocycles. The highest BCUT2D eigenvalue weighted by Crippen LogP contribution is 2.22.